The molecule has 3 rings (SSSR count). The standard InChI is InChI=1S/C18H18N4O/c1-23-18-5-3-2-4-16(18)17-10-15(21-12-22-17)11-20-14-8-6-13(19)7-9-14/h2-10,12,20H,11,19H2,1H3. The summed E-state index contributed by atoms with van der Waals surface area (Å²) >= 11 is 0. The number of nitrogens with zero attached hydrogens (tertiary/aromatic N) is 2. The van der Waals surface area contributed by atoms with E-state index in [1.807, 2.05) is 54.6 Å². The SMILES string of the molecule is COc1ccccc1-c1cc(CNc2ccc(N)cc2)ncn1. The van der Waals surface area contributed by atoms with Gasteiger partial charge in [0.25, 0.3) is 0 Å². The van der Waals surface area contributed by atoms with Gasteiger partial charge < -0.3 is 15.8 Å². The van der Waals surface area contributed by atoms with Crippen LogP contribution in [-0.2, 0) is 6.54 Å². The van der Waals surface area contributed by atoms with E-state index in [0.29, 0.717) is 6.54 Å². The number of anilines is 2. The predicted octanol–water partition coefficient (Wildman–Crippen LogP) is 3.35. The van der Waals surface area contributed by atoms with Gasteiger partial charge >= 0.3 is 0 Å². The van der Waals surface area contributed by atoms with Crippen LogP contribution in [-0.4, -0.2) is 17.1 Å². The number of benzene rings is 2. The van der Waals surface area contributed by atoms with Gasteiger partial charge in [-0.2, -0.15) is 0 Å². The Labute approximate surface area is 135 Å². The second-order valence-corrected chi connectivity index (χ2v) is 5.07. The second kappa shape index (κ2) is 6.79. The Balaban J connectivity index is 1.78. The van der Waals surface area contributed by atoms with Crippen molar-refractivity contribution < 1.29 is 4.74 Å². The van der Waals surface area contributed by atoms with E-state index in [0.717, 1.165) is 34.1 Å². The molecule has 1 aromatic heterocycles. The van der Waals surface area contributed by atoms with Gasteiger partial charge in [-0.25, -0.2) is 9.97 Å². The third-order valence-electron chi connectivity index (χ3n) is 3.49. The molecule has 1 heterocycles. The molecule has 2 aromatic carbocycles. The normalized spacial score (nSPS) is 10.3. The molecule has 0 saturated heterocycles. The molecule has 0 atom stereocenters. The van der Waals surface area contributed by atoms with Gasteiger partial charge in [0.1, 0.15) is 12.1 Å². The monoisotopic (exact) mass is 306 g/mol. The lowest BCUT2D eigenvalue weighted by atomic mass is 10.1. The molecule has 23 heavy (non-hydrogen) atoms. The maximum Gasteiger partial charge on any atom is 0.128 e. The first-order valence-corrected chi connectivity index (χ1v) is 7.30. The van der Waals surface area contributed by atoms with Crippen molar-refractivity contribution in [2.75, 3.05) is 18.2 Å². The molecule has 0 unspecified atom stereocenters. The number of nitrogens with one attached hydrogen (secondary N) is 1. The smallest absolute Gasteiger partial charge is 0.128 e. The Morgan fingerprint density at radius 2 is 1.83 bits per heavy atom. The Morgan fingerprint density at radius 1 is 1.04 bits per heavy atom. The molecule has 5 heteroatoms. The van der Waals surface area contributed by atoms with Crippen LogP contribution in [0, 0.1) is 0 Å². The minimum absolute atomic E-state index is 0.606. The highest BCUT2D eigenvalue weighted by Crippen LogP contribution is 2.28. The van der Waals surface area contributed by atoms with E-state index in [4.69, 9.17) is 10.5 Å². The molecule has 0 saturated carbocycles. The van der Waals surface area contributed by atoms with E-state index in [2.05, 4.69) is 15.3 Å². The zero-order chi connectivity index (χ0) is 16.1. The zero-order valence-electron chi connectivity index (χ0n) is 12.9. The van der Waals surface area contributed by atoms with E-state index < -0.39 is 0 Å². The number of ether oxygens (including phenoxy) is 1. The lowest BCUT2D eigenvalue weighted by molar-refractivity contribution is 0.416. The number of nitrogens with two attached hydrogens (primary N) is 1. The fourth-order valence-corrected chi connectivity index (χ4v) is 2.29. The van der Waals surface area contributed by atoms with Gasteiger partial charge in [0.15, 0.2) is 0 Å². The zero-order valence-corrected chi connectivity index (χ0v) is 12.9. The molecule has 116 valence electrons. The number of nitrogen functional groups attached to an aromatic ring is 1. The number of para-hydroxylation sites is 1. The summed E-state index contributed by atoms with van der Waals surface area (Å²) in [4.78, 5) is 8.66. The summed E-state index contributed by atoms with van der Waals surface area (Å²) in [5.74, 6) is 0.795. The third-order valence-corrected chi connectivity index (χ3v) is 3.49. The van der Waals surface area contributed by atoms with Crippen LogP contribution in [0.25, 0.3) is 11.3 Å². The van der Waals surface area contributed by atoms with Crippen molar-refractivity contribution in [1.82, 2.24) is 9.97 Å². The van der Waals surface area contributed by atoms with E-state index >= 15 is 0 Å². The molecule has 0 radical (unpaired) electrons. The van der Waals surface area contributed by atoms with E-state index in [1.54, 1.807) is 13.4 Å². The van der Waals surface area contributed by atoms with Crippen molar-refractivity contribution in [3.05, 3.63) is 66.6 Å². The fraction of sp³-hybridized carbons (Fsp3) is 0.111. The predicted molar refractivity (Wildman–Crippen MR) is 92.2 cm³/mol. The van der Waals surface area contributed by atoms with Gasteiger partial charge in [0.05, 0.1) is 25.0 Å². The first kappa shape index (κ1) is 14.8. The van der Waals surface area contributed by atoms with Crippen LogP contribution >= 0.6 is 0 Å². The molecule has 5 nitrogen and oxygen atoms in total. The Bertz CT molecular complexity index is 787. The summed E-state index contributed by atoms with van der Waals surface area (Å²) in [7, 11) is 1.66. The number of rotatable bonds is 5. The van der Waals surface area contributed by atoms with Crippen molar-refractivity contribution >= 4 is 11.4 Å². The molecule has 0 fully saturated rings. The van der Waals surface area contributed by atoms with Crippen molar-refractivity contribution in [3.8, 4) is 17.0 Å². The molecule has 3 N–H and O–H groups in total. The van der Waals surface area contributed by atoms with E-state index in [9.17, 15) is 0 Å². The summed E-state index contributed by atoms with van der Waals surface area (Å²) in [6, 6.07) is 17.4. The molecule has 0 amide bonds. The van der Waals surface area contributed by atoms with Gasteiger partial charge in [-0.05, 0) is 42.5 Å². The third kappa shape index (κ3) is 3.58. The van der Waals surface area contributed by atoms with Crippen LogP contribution in [0.5, 0.6) is 5.75 Å². The quantitative estimate of drug-likeness (QED) is 0.707. The van der Waals surface area contributed by atoms with Gasteiger partial charge in [-0.3, -0.25) is 0 Å². The van der Waals surface area contributed by atoms with Crippen molar-refractivity contribution in [2.45, 2.75) is 6.54 Å². The van der Waals surface area contributed by atoms with Gasteiger partial charge in [-0.15, -0.1) is 0 Å². The lowest BCUT2D eigenvalue weighted by Crippen LogP contribution is -2.03. The number of hydrogen-bond acceptors (Lipinski definition) is 5. The summed E-state index contributed by atoms with van der Waals surface area (Å²) in [6.45, 7) is 0.606. The Morgan fingerprint density at radius 3 is 2.61 bits per heavy atom. The number of methoxy groups -OCH3 is 1. The topological polar surface area (TPSA) is 73.1 Å². The van der Waals surface area contributed by atoms with Crippen LogP contribution in [0.3, 0.4) is 0 Å². The molecule has 0 aliphatic rings. The first-order valence-electron chi connectivity index (χ1n) is 7.30. The molecule has 0 aliphatic heterocycles. The molecular weight excluding hydrogens is 288 g/mol. The minimum Gasteiger partial charge on any atom is -0.496 e. The highest BCUT2D eigenvalue weighted by Gasteiger charge is 2.07. The summed E-state index contributed by atoms with van der Waals surface area (Å²) in [6.07, 6.45) is 1.57. The summed E-state index contributed by atoms with van der Waals surface area (Å²) < 4.78 is 5.39. The van der Waals surface area contributed by atoms with E-state index in [1.165, 1.54) is 0 Å². The average Bonchev–Trinajstić information content (AvgIpc) is 2.61. The first-order chi connectivity index (χ1) is 11.3. The van der Waals surface area contributed by atoms with E-state index in [-0.39, 0.29) is 0 Å². The maximum absolute atomic E-state index is 5.69. The van der Waals surface area contributed by atoms with Gasteiger partial charge in [0.2, 0.25) is 0 Å². The summed E-state index contributed by atoms with van der Waals surface area (Å²) in [5, 5.41) is 3.32. The van der Waals surface area contributed by atoms with Crippen LogP contribution in [0.4, 0.5) is 11.4 Å². The summed E-state index contributed by atoms with van der Waals surface area (Å²) in [5.41, 5.74) is 10.1. The number of hydrogen-bond donors (Lipinski definition) is 2. The van der Waals surface area contributed by atoms with Crippen molar-refractivity contribution in [3.63, 3.8) is 0 Å². The lowest BCUT2D eigenvalue weighted by Gasteiger charge is -2.09. The Hall–Kier alpha value is -3.08. The van der Waals surface area contributed by atoms with Crippen molar-refractivity contribution in [1.29, 1.82) is 0 Å². The van der Waals surface area contributed by atoms with Crippen LogP contribution in [0.15, 0.2) is 60.9 Å². The maximum atomic E-state index is 5.69. The average molecular weight is 306 g/mol. The second-order valence-electron chi connectivity index (χ2n) is 5.07. The largest absolute Gasteiger partial charge is 0.496 e. The molecular formula is C18H18N4O. The van der Waals surface area contributed by atoms with Crippen molar-refractivity contribution in [2.24, 2.45) is 0 Å². The van der Waals surface area contributed by atoms with Crippen LogP contribution in [0.2, 0.25) is 0 Å². The van der Waals surface area contributed by atoms with Crippen LogP contribution in [0.1, 0.15) is 5.69 Å². The highest BCUT2D eigenvalue weighted by atomic mass is 16.5. The molecule has 3 aromatic rings. The number of aromatic nitrogens is 2. The molecule has 0 spiro atoms. The van der Waals surface area contributed by atoms with Crippen LogP contribution < -0.4 is 15.8 Å². The highest BCUT2D eigenvalue weighted by molar-refractivity contribution is 5.67. The fourth-order valence-electron chi connectivity index (χ4n) is 2.29. The molecule has 0 aliphatic carbocycles. The van der Waals surface area contributed by atoms with Gasteiger partial charge in [-0.1, -0.05) is 12.1 Å². The minimum atomic E-state index is 0.606. The Kier molecular flexibility index (Phi) is 4.38. The molecule has 0 bridgehead atoms. The van der Waals surface area contributed by atoms with Gasteiger partial charge in [0, 0.05) is 16.9 Å².